The Morgan fingerprint density at radius 1 is 1.22 bits per heavy atom. The maximum Gasteiger partial charge on any atom is 0.417 e. The molecule has 0 aliphatic rings. The standard InChI is InChI=1S/C17H14F3N7O4S/c1-3-32(29,30)16-12(14-21-7-6-10(27(14)24-16)15(28)25-31-2)13-22-11-5-4-9(17(18,19)20)8-26(11)23-13/h4-8H,3H2,1-2H3,(H,25,28). The van der Waals surface area contributed by atoms with Crippen molar-refractivity contribution in [2.45, 2.75) is 18.1 Å². The quantitative estimate of drug-likeness (QED) is 0.435. The van der Waals surface area contributed by atoms with E-state index in [1.807, 2.05) is 0 Å². The molecule has 4 rings (SSSR count). The van der Waals surface area contributed by atoms with Crippen LogP contribution in [0.5, 0.6) is 0 Å². The van der Waals surface area contributed by atoms with Crippen molar-refractivity contribution in [3.63, 3.8) is 0 Å². The van der Waals surface area contributed by atoms with Crippen LogP contribution in [0.1, 0.15) is 23.0 Å². The lowest BCUT2D eigenvalue weighted by Gasteiger charge is -2.05. The number of halogens is 3. The number of nitrogens with one attached hydrogen (secondary N) is 1. The van der Waals surface area contributed by atoms with Crippen molar-refractivity contribution < 1.29 is 31.2 Å². The number of aromatic nitrogens is 6. The predicted octanol–water partition coefficient (Wildman–Crippen LogP) is 1.54. The third kappa shape index (κ3) is 3.54. The molecule has 1 amide bonds. The van der Waals surface area contributed by atoms with E-state index >= 15 is 0 Å². The highest BCUT2D eigenvalue weighted by molar-refractivity contribution is 7.91. The summed E-state index contributed by atoms with van der Waals surface area (Å²) < 4.78 is 66.5. The van der Waals surface area contributed by atoms with Crippen LogP contribution in [0.25, 0.3) is 22.7 Å². The summed E-state index contributed by atoms with van der Waals surface area (Å²) in [5, 5.41) is 7.60. The van der Waals surface area contributed by atoms with Crippen LogP contribution in [0, 0.1) is 0 Å². The van der Waals surface area contributed by atoms with Gasteiger partial charge in [0.15, 0.2) is 32.0 Å². The van der Waals surface area contributed by atoms with Gasteiger partial charge in [0, 0.05) is 12.4 Å². The molecule has 0 aromatic carbocycles. The average Bonchev–Trinajstić information content (AvgIpc) is 3.33. The smallest absolute Gasteiger partial charge is 0.277 e. The van der Waals surface area contributed by atoms with Crippen LogP contribution in [0.15, 0.2) is 35.6 Å². The van der Waals surface area contributed by atoms with Crippen LogP contribution in [0.2, 0.25) is 0 Å². The van der Waals surface area contributed by atoms with Gasteiger partial charge in [-0.1, -0.05) is 6.92 Å². The number of fused-ring (bicyclic) bond motifs is 2. The molecule has 4 aromatic rings. The first kappa shape index (κ1) is 21.6. The Hall–Kier alpha value is -3.59. The van der Waals surface area contributed by atoms with E-state index in [2.05, 4.69) is 30.5 Å². The fraction of sp³-hybridized carbons (Fsp3) is 0.235. The number of alkyl halides is 3. The molecule has 0 radical (unpaired) electrons. The van der Waals surface area contributed by atoms with Crippen LogP contribution in [0.4, 0.5) is 13.2 Å². The van der Waals surface area contributed by atoms with Crippen LogP contribution in [-0.2, 0) is 20.9 Å². The highest BCUT2D eigenvalue weighted by atomic mass is 32.2. The maximum absolute atomic E-state index is 13.0. The first-order chi connectivity index (χ1) is 15.1. The van der Waals surface area contributed by atoms with E-state index < -0.39 is 32.5 Å². The number of hydroxylamine groups is 1. The number of sulfone groups is 1. The van der Waals surface area contributed by atoms with Crippen LogP contribution in [-0.4, -0.2) is 56.4 Å². The van der Waals surface area contributed by atoms with Crippen LogP contribution >= 0.6 is 0 Å². The Morgan fingerprint density at radius 3 is 2.62 bits per heavy atom. The molecule has 0 aliphatic carbocycles. The number of carbonyl (C=O) groups is 1. The molecule has 0 aliphatic heterocycles. The average molecular weight is 469 g/mol. The highest BCUT2D eigenvalue weighted by Crippen LogP contribution is 2.32. The number of carbonyl (C=O) groups excluding carboxylic acids is 1. The summed E-state index contributed by atoms with van der Waals surface area (Å²) in [5.74, 6) is -1.29. The topological polar surface area (TPSA) is 133 Å². The molecule has 0 fully saturated rings. The van der Waals surface area contributed by atoms with Crippen molar-refractivity contribution in [2.75, 3.05) is 12.9 Å². The van der Waals surface area contributed by atoms with Gasteiger partial charge in [-0.15, -0.1) is 5.10 Å². The van der Waals surface area contributed by atoms with Crippen molar-refractivity contribution in [3.05, 3.63) is 41.9 Å². The van der Waals surface area contributed by atoms with E-state index in [0.717, 1.165) is 27.4 Å². The molecule has 11 nitrogen and oxygen atoms in total. The number of rotatable bonds is 5. The van der Waals surface area contributed by atoms with Gasteiger partial charge in [0.05, 0.1) is 18.4 Å². The predicted molar refractivity (Wildman–Crippen MR) is 102 cm³/mol. The zero-order chi connectivity index (χ0) is 23.3. The lowest BCUT2D eigenvalue weighted by molar-refractivity contribution is -0.137. The van der Waals surface area contributed by atoms with E-state index in [0.29, 0.717) is 0 Å². The molecule has 0 saturated heterocycles. The Balaban J connectivity index is 2.02. The molecule has 1 N–H and O–H groups in total. The van der Waals surface area contributed by atoms with Crippen molar-refractivity contribution in [2.24, 2.45) is 0 Å². The zero-order valence-corrected chi connectivity index (χ0v) is 17.3. The number of pyridine rings is 1. The lowest BCUT2D eigenvalue weighted by atomic mass is 10.3. The van der Waals surface area contributed by atoms with Gasteiger partial charge in [-0.3, -0.25) is 9.63 Å². The van der Waals surface area contributed by atoms with Gasteiger partial charge in [-0.05, 0) is 18.2 Å². The van der Waals surface area contributed by atoms with Crippen LogP contribution in [0.3, 0.4) is 0 Å². The zero-order valence-electron chi connectivity index (χ0n) is 16.5. The monoisotopic (exact) mass is 469 g/mol. The fourth-order valence-electron chi connectivity index (χ4n) is 2.95. The maximum atomic E-state index is 13.0. The summed E-state index contributed by atoms with van der Waals surface area (Å²) >= 11 is 0. The van der Waals surface area contributed by atoms with Gasteiger partial charge in [0.2, 0.25) is 0 Å². The highest BCUT2D eigenvalue weighted by Gasteiger charge is 2.32. The Morgan fingerprint density at radius 2 is 1.97 bits per heavy atom. The van der Waals surface area contributed by atoms with Crippen LogP contribution < -0.4 is 5.48 Å². The molecular weight excluding hydrogens is 455 g/mol. The Kier molecular flexibility index (Phi) is 5.09. The first-order valence-electron chi connectivity index (χ1n) is 8.94. The molecule has 4 heterocycles. The van der Waals surface area contributed by atoms with Crippen molar-refractivity contribution in [1.29, 1.82) is 0 Å². The van der Waals surface area contributed by atoms with Crippen molar-refractivity contribution in [3.8, 4) is 11.4 Å². The molecule has 0 unspecified atom stereocenters. The third-order valence-electron chi connectivity index (χ3n) is 4.47. The van der Waals surface area contributed by atoms with E-state index in [9.17, 15) is 26.4 Å². The summed E-state index contributed by atoms with van der Waals surface area (Å²) in [5.41, 5.74) is 0.864. The van der Waals surface area contributed by atoms with Gasteiger partial charge < -0.3 is 0 Å². The number of hydrogen-bond donors (Lipinski definition) is 1. The number of hydrogen-bond acceptors (Lipinski definition) is 8. The minimum atomic E-state index is -4.60. The van der Waals surface area contributed by atoms with E-state index in [1.165, 1.54) is 26.3 Å². The van der Waals surface area contributed by atoms with Gasteiger partial charge in [-0.25, -0.2) is 32.9 Å². The largest absolute Gasteiger partial charge is 0.417 e. The molecule has 168 valence electrons. The molecule has 0 spiro atoms. The third-order valence-corrected chi connectivity index (χ3v) is 6.11. The summed E-state index contributed by atoms with van der Waals surface area (Å²) in [6.07, 6.45) is -2.63. The normalized spacial score (nSPS) is 12.5. The number of amides is 1. The molecule has 15 heteroatoms. The van der Waals surface area contributed by atoms with Gasteiger partial charge in [0.25, 0.3) is 5.91 Å². The Labute approximate surface area is 177 Å². The summed E-state index contributed by atoms with van der Waals surface area (Å²) in [6.45, 7) is 1.39. The Bertz CT molecular complexity index is 1460. The molecule has 0 bridgehead atoms. The molecule has 32 heavy (non-hydrogen) atoms. The first-order valence-corrected chi connectivity index (χ1v) is 10.6. The van der Waals surface area contributed by atoms with Crippen molar-refractivity contribution in [1.82, 2.24) is 34.7 Å². The van der Waals surface area contributed by atoms with Crippen molar-refractivity contribution >= 4 is 27.0 Å². The second-order valence-electron chi connectivity index (χ2n) is 6.44. The lowest BCUT2D eigenvalue weighted by Crippen LogP contribution is -2.24. The SMILES string of the molecule is CCS(=O)(=O)c1nn2c(C(=O)NOC)ccnc2c1-c1nc2ccc(C(F)(F)F)cn2n1. The van der Waals surface area contributed by atoms with Gasteiger partial charge >= 0.3 is 6.18 Å². The second kappa shape index (κ2) is 7.52. The van der Waals surface area contributed by atoms with Gasteiger partial charge in [-0.2, -0.15) is 18.3 Å². The summed E-state index contributed by atoms with van der Waals surface area (Å²) in [6, 6.07) is 3.22. The molecule has 0 saturated carbocycles. The minimum absolute atomic E-state index is 0.0421. The van der Waals surface area contributed by atoms with E-state index in [4.69, 9.17) is 0 Å². The number of nitrogens with zero attached hydrogens (tertiary/aromatic N) is 6. The van der Waals surface area contributed by atoms with Gasteiger partial charge in [0.1, 0.15) is 11.3 Å². The second-order valence-corrected chi connectivity index (χ2v) is 8.63. The molecule has 0 atom stereocenters. The minimum Gasteiger partial charge on any atom is -0.277 e. The summed E-state index contributed by atoms with van der Waals surface area (Å²) in [7, 11) is -2.75. The molecular formula is C17H14F3N7O4S. The molecule has 4 aromatic heterocycles. The van der Waals surface area contributed by atoms with E-state index in [-0.39, 0.29) is 34.1 Å². The fourth-order valence-corrected chi connectivity index (χ4v) is 3.92. The summed E-state index contributed by atoms with van der Waals surface area (Å²) in [4.78, 5) is 25.1. The van der Waals surface area contributed by atoms with E-state index in [1.54, 1.807) is 0 Å².